The van der Waals surface area contributed by atoms with E-state index in [4.69, 9.17) is 9.47 Å². The molecule has 1 amide bonds. The topological polar surface area (TPSA) is 77.5 Å². The fourth-order valence-corrected chi connectivity index (χ4v) is 3.90. The largest absolute Gasteiger partial charge is 0.465 e. The molecule has 1 N–H and O–H groups in total. The van der Waals surface area contributed by atoms with Crippen molar-refractivity contribution in [1.29, 1.82) is 0 Å². The minimum absolute atomic E-state index is 0.0441. The Labute approximate surface area is 186 Å². The summed E-state index contributed by atoms with van der Waals surface area (Å²) in [5.41, 5.74) is 5.96. The fraction of sp³-hybridized carbons (Fsp3) is 0.192. The molecule has 1 heterocycles. The first-order valence-corrected chi connectivity index (χ1v) is 10.5. The normalized spacial score (nSPS) is 12.3. The van der Waals surface area contributed by atoms with Crippen LogP contribution in [0.3, 0.4) is 0 Å². The highest BCUT2D eigenvalue weighted by Gasteiger charge is 2.28. The average Bonchev–Trinajstić information content (AvgIpc) is 3.16. The van der Waals surface area contributed by atoms with E-state index >= 15 is 0 Å². The monoisotopic (exact) mass is 428 g/mol. The molecular weight excluding hydrogens is 404 g/mol. The van der Waals surface area contributed by atoms with Gasteiger partial charge in [0.15, 0.2) is 0 Å². The third-order valence-electron chi connectivity index (χ3n) is 5.41. The highest BCUT2D eigenvalue weighted by molar-refractivity contribution is 5.89. The molecule has 0 bridgehead atoms. The summed E-state index contributed by atoms with van der Waals surface area (Å²) in [6, 6.07) is 18.2. The van der Waals surface area contributed by atoms with E-state index in [9.17, 15) is 9.59 Å². The number of alkyl carbamates (subject to hydrolysis) is 1. The van der Waals surface area contributed by atoms with Crippen molar-refractivity contribution in [3.8, 4) is 11.1 Å². The van der Waals surface area contributed by atoms with Gasteiger partial charge in [0.2, 0.25) is 0 Å². The molecule has 0 saturated heterocycles. The van der Waals surface area contributed by atoms with E-state index in [0.29, 0.717) is 25.1 Å². The number of rotatable bonds is 7. The minimum Gasteiger partial charge on any atom is -0.465 e. The quantitative estimate of drug-likeness (QED) is 0.432. The van der Waals surface area contributed by atoms with Gasteiger partial charge in [-0.05, 0) is 40.3 Å². The molecule has 0 radical (unpaired) electrons. The standard InChI is InChI=1S/C26H24N2O4/c1-31-25(29)19-14-18(15-27-16-19)8-6-7-13-28-26(30)32-17-24-22-11-4-2-9-20(22)21-10-3-5-12-23(21)24/h2-6,8-12,14-16,24H,7,13,17H2,1H3,(H,28,30). The molecule has 0 atom stereocenters. The maximum absolute atomic E-state index is 12.2. The summed E-state index contributed by atoms with van der Waals surface area (Å²) < 4.78 is 10.2. The van der Waals surface area contributed by atoms with E-state index in [2.05, 4.69) is 34.6 Å². The summed E-state index contributed by atoms with van der Waals surface area (Å²) in [5, 5.41) is 2.78. The summed E-state index contributed by atoms with van der Waals surface area (Å²) >= 11 is 0. The number of nitrogens with zero attached hydrogens (tertiary/aromatic N) is 1. The van der Waals surface area contributed by atoms with Crippen LogP contribution in [0.5, 0.6) is 0 Å². The number of carbonyl (C=O) groups is 2. The number of hydrogen-bond donors (Lipinski definition) is 1. The van der Waals surface area contributed by atoms with Gasteiger partial charge in [0.1, 0.15) is 6.61 Å². The van der Waals surface area contributed by atoms with Crippen LogP contribution in [-0.4, -0.2) is 37.3 Å². The molecule has 1 aromatic heterocycles. The number of benzene rings is 2. The fourth-order valence-electron chi connectivity index (χ4n) is 3.90. The van der Waals surface area contributed by atoms with E-state index in [1.807, 2.05) is 36.4 Å². The second-order valence-electron chi connectivity index (χ2n) is 7.44. The molecule has 162 valence electrons. The van der Waals surface area contributed by atoms with E-state index in [1.165, 1.54) is 35.6 Å². The Balaban J connectivity index is 1.26. The lowest BCUT2D eigenvalue weighted by atomic mass is 9.98. The lowest BCUT2D eigenvalue weighted by molar-refractivity contribution is 0.0600. The van der Waals surface area contributed by atoms with Gasteiger partial charge in [-0.3, -0.25) is 4.98 Å². The first kappa shape index (κ1) is 21.3. The Morgan fingerprint density at radius 2 is 1.72 bits per heavy atom. The molecule has 0 spiro atoms. The molecule has 0 unspecified atom stereocenters. The molecule has 32 heavy (non-hydrogen) atoms. The van der Waals surface area contributed by atoms with E-state index in [-0.39, 0.29) is 5.92 Å². The van der Waals surface area contributed by atoms with Crippen LogP contribution in [0, 0.1) is 0 Å². The number of esters is 1. The van der Waals surface area contributed by atoms with Gasteiger partial charge in [0, 0.05) is 24.9 Å². The zero-order chi connectivity index (χ0) is 22.3. The number of hydrogen-bond acceptors (Lipinski definition) is 5. The summed E-state index contributed by atoms with van der Waals surface area (Å²) in [6.07, 6.45) is 7.05. The van der Waals surface area contributed by atoms with Gasteiger partial charge >= 0.3 is 12.1 Å². The van der Waals surface area contributed by atoms with Crippen molar-refractivity contribution in [1.82, 2.24) is 10.3 Å². The van der Waals surface area contributed by atoms with Crippen molar-refractivity contribution >= 4 is 18.1 Å². The van der Waals surface area contributed by atoms with E-state index in [0.717, 1.165) is 5.56 Å². The zero-order valence-corrected chi connectivity index (χ0v) is 17.8. The summed E-state index contributed by atoms with van der Waals surface area (Å²) in [4.78, 5) is 27.8. The third-order valence-corrected chi connectivity index (χ3v) is 5.41. The minimum atomic E-state index is -0.436. The summed E-state index contributed by atoms with van der Waals surface area (Å²) in [7, 11) is 1.33. The molecule has 1 aliphatic rings. The Bertz CT molecular complexity index is 1110. The number of fused-ring (bicyclic) bond motifs is 3. The van der Waals surface area contributed by atoms with Gasteiger partial charge in [-0.2, -0.15) is 0 Å². The van der Waals surface area contributed by atoms with Gasteiger partial charge in [-0.25, -0.2) is 9.59 Å². The smallest absolute Gasteiger partial charge is 0.407 e. The van der Waals surface area contributed by atoms with Gasteiger partial charge in [-0.1, -0.05) is 60.7 Å². The van der Waals surface area contributed by atoms with Crippen LogP contribution in [0.1, 0.15) is 39.4 Å². The van der Waals surface area contributed by atoms with Crippen LogP contribution in [0.4, 0.5) is 4.79 Å². The average molecular weight is 428 g/mol. The van der Waals surface area contributed by atoms with Gasteiger partial charge in [-0.15, -0.1) is 0 Å². The number of nitrogens with one attached hydrogen (secondary N) is 1. The molecule has 6 heteroatoms. The Hall–Kier alpha value is -3.93. The Morgan fingerprint density at radius 1 is 1.03 bits per heavy atom. The molecule has 6 nitrogen and oxygen atoms in total. The van der Waals surface area contributed by atoms with Crippen LogP contribution >= 0.6 is 0 Å². The molecule has 0 aliphatic heterocycles. The van der Waals surface area contributed by atoms with Crippen molar-refractivity contribution in [2.75, 3.05) is 20.3 Å². The Morgan fingerprint density at radius 3 is 2.41 bits per heavy atom. The van der Waals surface area contributed by atoms with Crippen LogP contribution in [0.25, 0.3) is 17.2 Å². The van der Waals surface area contributed by atoms with Crippen molar-refractivity contribution in [2.45, 2.75) is 12.3 Å². The molecular formula is C26H24N2O4. The van der Waals surface area contributed by atoms with Gasteiger partial charge < -0.3 is 14.8 Å². The van der Waals surface area contributed by atoms with Gasteiger partial charge in [0.25, 0.3) is 0 Å². The lowest BCUT2D eigenvalue weighted by Crippen LogP contribution is -2.26. The van der Waals surface area contributed by atoms with Crippen molar-refractivity contribution in [2.24, 2.45) is 0 Å². The summed E-state index contributed by atoms with van der Waals surface area (Å²) in [6.45, 7) is 0.735. The SMILES string of the molecule is COC(=O)c1cncc(C=CCCNC(=O)OCC2c3ccccc3-c3ccccc32)c1. The highest BCUT2D eigenvalue weighted by atomic mass is 16.5. The zero-order valence-electron chi connectivity index (χ0n) is 17.8. The lowest BCUT2D eigenvalue weighted by Gasteiger charge is -2.14. The third kappa shape index (κ3) is 4.70. The predicted molar refractivity (Wildman–Crippen MR) is 122 cm³/mol. The molecule has 2 aromatic carbocycles. The molecule has 1 aliphatic carbocycles. The van der Waals surface area contributed by atoms with Crippen molar-refractivity contribution < 1.29 is 19.1 Å². The first-order chi connectivity index (χ1) is 15.7. The van der Waals surface area contributed by atoms with Gasteiger partial charge in [0.05, 0.1) is 12.7 Å². The Kier molecular flexibility index (Phi) is 6.60. The number of amides is 1. The maximum Gasteiger partial charge on any atom is 0.407 e. The predicted octanol–water partition coefficient (Wildman–Crippen LogP) is 4.81. The number of aromatic nitrogens is 1. The number of pyridine rings is 1. The second-order valence-corrected chi connectivity index (χ2v) is 7.44. The molecule has 3 aromatic rings. The molecule has 0 fully saturated rings. The number of carbonyl (C=O) groups excluding carboxylic acids is 2. The van der Waals surface area contributed by atoms with Crippen LogP contribution < -0.4 is 5.32 Å². The van der Waals surface area contributed by atoms with Crippen LogP contribution in [-0.2, 0) is 9.47 Å². The van der Waals surface area contributed by atoms with Crippen molar-refractivity contribution in [3.63, 3.8) is 0 Å². The maximum atomic E-state index is 12.2. The summed E-state index contributed by atoms with van der Waals surface area (Å²) in [5.74, 6) is -0.382. The molecule has 4 rings (SSSR count). The van der Waals surface area contributed by atoms with Crippen molar-refractivity contribution in [3.05, 3.63) is 95.3 Å². The number of methoxy groups -OCH3 is 1. The molecule has 0 saturated carbocycles. The first-order valence-electron chi connectivity index (χ1n) is 10.5. The highest BCUT2D eigenvalue weighted by Crippen LogP contribution is 2.44. The number of ether oxygens (including phenoxy) is 2. The van der Waals surface area contributed by atoms with E-state index in [1.54, 1.807) is 12.3 Å². The van der Waals surface area contributed by atoms with Crippen LogP contribution in [0.15, 0.2) is 73.1 Å². The van der Waals surface area contributed by atoms with E-state index < -0.39 is 12.1 Å². The second kappa shape index (κ2) is 9.92. The van der Waals surface area contributed by atoms with Crippen LogP contribution in [0.2, 0.25) is 0 Å².